The first kappa shape index (κ1) is 5.41. The van der Waals surface area contributed by atoms with Gasteiger partial charge in [-0.05, 0) is 48.4 Å². The molecule has 0 unspecified atom stereocenters. The van der Waals surface area contributed by atoms with E-state index in [2.05, 4.69) is 0 Å². The van der Waals surface area contributed by atoms with E-state index in [1.54, 1.807) is 12.1 Å². The maximum atomic E-state index is 8.37. The quantitative estimate of drug-likeness (QED) is 0.549. The van der Waals surface area contributed by atoms with Gasteiger partial charge in [-0.2, -0.15) is 0 Å². The van der Waals surface area contributed by atoms with Gasteiger partial charge in [0.15, 0.2) is 0 Å². The smallest absolute Gasteiger partial charge is 0.0409 e. The first-order valence-electron chi connectivity index (χ1n) is 6.63. The van der Waals surface area contributed by atoms with E-state index in [4.69, 9.17) is 17.1 Å². The third-order valence-electron chi connectivity index (χ3n) is 2.52. The molecule has 0 heterocycles. The summed E-state index contributed by atoms with van der Waals surface area (Å²) >= 11 is 5.94. The number of aryl methyl sites for hydroxylation is 1. The van der Waals surface area contributed by atoms with Crippen LogP contribution in [0.25, 0.3) is 0 Å². The molecule has 0 bridgehead atoms. The van der Waals surface area contributed by atoms with E-state index in [9.17, 15) is 0 Å². The lowest BCUT2D eigenvalue weighted by atomic mass is 9.94. The molecule has 0 aromatic heterocycles. The minimum Gasteiger partial charge on any atom is -0.0843 e. The van der Waals surface area contributed by atoms with Gasteiger partial charge in [-0.3, -0.25) is 0 Å². The topological polar surface area (TPSA) is 0 Å². The summed E-state index contributed by atoms with van der Waals surface area (Å²) in [4.78, 5) is 0. The van der Waals surface area contributed by atoms with Crippen LogP contribution in [-0.2, 0) is 6.42 Å². The molecule has 1 aromatic carbocycles. The lowest BCUT2D eigenvalue weighted by Gasteiger charge is -2.12. The lowest BCUT2D eigenvalue weighted by Crippen LogP contribution is -1.95. The second-order valence-electron chi connectivity index (χ2n) is 3.49. The molecule has 2 rings (SSSR count). The minimum absolute atomic E-state index is 0.372. The van der Waals surface area contributed by atoms with E-state index < -0.39 is 12.7 Å². The van der Waals surface area contributed by atoms with Crippen molar-refractivity contribution in [2.45, 2.75) is 38.4 Å². The van der Waals surface area contributed by atoms with Gasteiger partial charge >= 0.3 is 0 Å². The van der Waals surface area contributed by atoms with Crippen LogP contribution in [0.2, 0.25) is 5.02 Å². The van der Waals surface area contributed by atoms with Crippen LogP contribution in [0.15, 0.2) is 18.2 Å². The number of rotatable bonds is 0. The molecule has 1 aromatic rings. The first-order chi connectivity index (χ1) is 7.84. The van der Waals surface area contributed by atoms with E-state index in [1.807, 2.05) is 6.07 Å². The average molecular weight is 199 g/mol. The largest absolute Gasteiger partial charge is 0.0843 e. The molecule has 0 nitrogen and oxygen atoms in total. The molecule has 0 radical (unpaired) electrons. The molecular weight excluding hydrogens is 180 g/mol. The lowest BCUT2D eigenvalue weighted by molar-refractivity contribution is 0.635. The molecule has 13 heavy (non-hydrogen) atoms. The predicted octanol–water partition coefficient (Wildman–Crippen LogP) is 4.17. The van der Waals surface area contributed by atoms with Crippen LogP contribution in [0.4, 0.5) is 0 Å². The van der Waals surface area contributed by atoms with Gasteiger partial charge in [-0.25, -0.2) is 0 Å². The summed E-state index contributed by atoms with van der Waals surface area (Å²) in [7, 11) is 0. The molecule has 1 aliphatic rings. The summed E-state index contributed by atoms with van der Waals surface area (Å²) in [5.41, 5.74) is 1.54. The standard InChI is InChI=1S/C12H15Cl/c1-9-4-2-3-5-10-6-7-11(13)8-12(9)10/h6-9H,2-5H2,1H3/t9-/m0/s1/i1D3,9D. The van der Waals surface area contributed by atoms with E-state index in [-0.39, 0.29) is 0 Å². The van der Waals surface area contributed by atoms with Crippen molar-refractivity contribution in [2.75, 3.05) is 0 Å². The molecular formula is C12H15Cl. The average Bonchev–Trinajstić information content (AvgIpc) is 2.39. The number of hydrogen-bond acceptors (Lipinski definition) is 0. The second kappa shape index (κ2) is 3.71. The third-order valence-corrected chi connectivity index (χ3v) is 2.76. The molecule has 70 valence electrons. The zero-order valence-electron chi connectivity index (χ0n) is 11.4. The van der Waals surface area contributed by atoms with Gasteiger partial charge < -0.3 is 0 Å². The maximum Gasteiger partial charge on any atom is 0.0409 e. The van der Waals surface area contributed by atoms with Crippen molar-refractivity contribution in [2.24, 2.45) is 0 Å². The Bertz CT molecular complexity index is 427. The Morgan fingerprint density at radius 1 is 1.54 bits per heavy atom. The number of benzene rings is 1. The first-order valence-corrected chi connectivity index (χ1v) is 5.01. The normalized spacial score (nSPS) is 33.3. The highest BCUT2D eigenvalue weighted by Crippen LogP contribution is 2.31. The number of halogens is 1. The van der Waals surface area contributed by atoms with Crippen molar-refractivity contribution >= 4 is 11.6 Å². The van der Waals surface area contributed by atoms with Gasteiger partial charge in [0.25, 0.3) is 0 Å². The zero-order valence-corrected chi connectivity index (χ0v) is 8.19. The number of fused-ring (bicyclic) bond motifs is 1. The third kappa shape index (κ3) is 1.88. The van der Waals surface area contributed by atoms with Gasteiger partial charge in [0, 0.05) is 10.5 Å². The minimum atomic E-state index is -2.31. The zero-order chi connectivity index (χ0) is 12.7. The van der Waals surface area contributed by atoms with E-state index in [0.717, 1.165) is 24.8 Å². The molecule has 0 amide bonds. The molecule has 1 aliphatic carbocycles. The van der Waals surface area contributed by atoms with Gasteiger partial charge in [-0.15, -0.1) is 0 Å². The van der Waals surface area contributed by atoms with Crippen molar-refractivity contribution in [1.29, 1.82) is 0 Å². The second-order valence-corrected chi connectivity index (χ2v) is 3.92. The maximum absolute atomic E-state index is 8.37. The highest BCUT2D eigenvalue weighted by Gasteiger charge is 2.14. The summed E-state index contributed by atoms with van der Waals surface area (Å²) in [6.07, 6.45) is 2.92. The van der Waals surface area contributed by atoms with Crippen LogP contribution in [0.1, 0.15) is 48.6 Å². The Balaban J connectivity index is 2.60. The summed E-state index contributed by atoms with van der Waals surface area (Å²) in [5, 5.41) is 0.506. The fraction of sp³-hybridized carbons (Fsp3) is 0.500. The van der Waals surface area contributed by atoms with Gasteiger partial charge in [0.1, 0.15) is 0 Å². The van der Waals surface area contributed by atoms with E-state index in [1.165, 1.54) is 0 Å². The molecule has 0 spiro atoms. The van der Waals surface area contributed by atoms with Crippen LogP contribution in [0.5, 0.6) is 0 Å². The molecule has 1 heteroatoms. The monoisotopic (exact) mass is 198 g/mol. The van der Waals surface area contributed by atoms with E-state index in [0.29, 0.717) is 17.0 Å². The Morgan fingerprint density at radius 2 is 2.46 bits per heavy atom. The highest BCUT2D eigenvalue weighted by molar-refractivity contribution is 6.30. The van der Waals surface area contributed by atoms with Crippen molar-refractivity contribution in [3.8, 4) is 0 Å². The fourth-order valence-corrected chi connectivity index (χ4v) is 1.97. The van der Waals surface area contributed by atoms with Crippen LogP contribution >= 0.6 is 11.6 Å². The molecule has 0 fully saturated rings. The molecule has 0 aliphatic heterocycles. The van der Waals surface area contributed by atoms with Crippen molar-refractivity contribution < 1.29 is 5.48 Å². The molecule has 1 atom stereocenters. The molecule has 0 saturated carbocycles. The van der Waals surface area contributed by atoms with Gasteiger partial charge in [0.05, 0.1) is 0 Å². The fourth-order valence-electron chi connectivity index (χ4n) is 1.80. The van der Waals surface area contributed by atoms with Gasteiger partial charge in [-0.1, -0.05) is 30.9 Å². The summed E-state index contributed by atoms with van der Waals surface area (Å²) in [5.74, 6) is -1.51. The Labute approximate surface area is 90.5 Å². The van der Waals surface area contributed by atoms with Crippen LogP contribution < -0.4 is 0 Å². The highest BCUT2D eigenvalue weighted by atomic mass is 35.5. The summed E-state index contributed by atoms with van der Waals surface area (Å²) in [6.45, 7) is -2.31. The number of hydrogen-bond donors (Lipinski definition) is 0. The molecule has 0 saturated heterocycles. The van der Waals surface area contributed by atoms with Crippen LogP contribution in [-0.4, -0.2) is 0 Å². The summed E-state index contributed by atoms with van der Waals surface area (Å²) < 4.78 is 31.2. The Morgan fingerprint density at radius 3 is 3.31 bits per heavy atom. The SMILES string of the molecule is [2H]C([2H])([2H])[C@@]1([2H])CCCCc2ccc(Cl)cc21. The van der Waals surface area contributed by atoms with Crippen molar-refractivity contribution in [3.63, 3.8) is 0 Å². The Kier molecular flexibility index (Phi) is 1.54. The van der Waals surface area contributed by atoms with Crippen molar-refractivity contribution in [3.05, 3.63) is 34.3 Å². The molecule has 0 N–H and O–H groups in total. The Hall–Kier alpha value is -0.490. The van der Waals surface area contributed by atoms with Crippen LogP contribution in [0, 0.1) is 0 Å². The predicted molar refractivity (Wildman–Crippen MR) is 57.4 cm³/mol. The van der Waals surface area contributed by atoms with Crippen LogP contribution in [0.3, 0.4) is 0 Å². The van der Waals surface area contributed by atoms with Crippen molar-refractivity contribution in [1.82, 2.24) is 0 Å². The van der Waals surface area contributed by atoms with E-state index >= 15 is 0 Å². The van der Waals surface area contributed by atoms with Gasteiger partial charge in [0.2, 0.25) is 0 Å². The summed E-state index contributed by atoms with van der Waals surface area (Å²) in [6, 6.07) is 5.28.